The second-order valence-electron chi connectivity index (χ2n) is 7.54. The molecule has 1 atom stereocenters. The summed E-state index contributed by atoms with van der Waals surface area (Å²) in [6.07, 6.45) is 0. The van der Waals surface area contributed by atoms with Crippen molar-refractivity contribution in [2.24, 2.45) is 0 Å². The van der Waals surface area contributed by atoms with Gasteiger partial charge in [0.15, 0.2) is 0 Å². The van der Waals surface area contributed by atoms with Gasteiger partial charge in [-0.15, -0.1) is 0 Å². The van der Waals surface area contributed by atoms with Crippen molar-refractivity contribution in [2.45, 2.75) is 26.2 Å². The molecule has 3 heteroatoms. The summed E-state index contributed by atoms with van der Waals surface area (Å²) in [4.78, 5) is 0. The summed E-state index contributed by atoms with van der Waals surface area (Å²) in [6.45, 7) is 2.45. The summed E-state index contributed by atoms with van der Waals surface area (Å²) in [6, 6.07) is 28.9. The van der Waals surface area contributed by atoms with E-state index in [9.17, 15) is 4.39 Å². The molecule has 0 aliphatic carbocycles. The molecule has 1 N–H and O–H groups in total. The largest absolute Gasteiger partial charge is 0.496 e. The van der Waals surface area contributed by atoms with Crippen molar-refractivity contribution >= 4 is 10.8 Å². The normalized spacial score (nSPS) is 12.1. The highest BCUT2D eigenvalue weighted by molar-refractivity contribution is 5.86. The molecular formula is C27H26FNO. The zero-order chi connectivity index (χ0) is 20.9. The van der Waals surface area contributed by atoms with Crippen molar-refractivity contribution in [3.63, 3.8) is 0 Å². The molecule has 0 amide bonds. The second-order valence-corrected chi connectivity index (χ2v) is 7.54. The average molecular weight is 400 g/mol. The van der Waals surface area contributed by atoms with E-state index in [1.54, 1.807) is 13.2 Å². The number of alkyl halides is 1. The first-order valence-corrected chi connectivity index (χ1v) is 10.2. The lowest BCUT2D eigenvalue weighted by molar-refractivity contribution is 0.416. The topological polar surface area (TPSA) is 21.3 Å². The minimum atomic E-state index is -0.472. The van der Waals surface area contributed by atoms with Crippen LogP contribution in [-0.2, 0) is 13.2 Å². The molecule has 0 spiro atoms. The third-order valence-electron chi connectivity index (χ3n) is 5.56. The van der Waals surface area contributed by atoms with E-state index in [-0.39, 0.29) is 6.04 Å². The highest BCUT2D eigenvalue weighted by atomic mass is 19.1. The smallest absolute Gasteiger partial charge is 0.126 e. The van der Waals surface area contributed by atoms with Gasteiger partial charge in [0.05, 0.1) is 7.11 Å². The van der Waals surface area contributed by atoms with Crippen LogP contribution in [0.4, 0.5) is 4.39 Å². The lowest BCUT2D eigenvalue weighted by atomic mass is 9.98. The Morgan fingerprint density at radius 2 is 1.67 bits per heavy atom. The van der Waals surface area contributed by atoms with Gasteiger partial charge in [0.1, 0.15) is 12.4 Å². The number of hydrogen-bond donors (Lipinski definition) is 1. The molecule has 0 fully saturated rings. The molecule has 0 heterocycles. The van der Waals surface area contributed by atoms with Crippen molar-refractivity contribution < 1.29 is 9.13 Å². The Labute approximate surface area is 177 Å². The van der Waals surface area contributed by atoms with Gasteiger partial charge in [-0.3, -0.25) is 0 Å². The summed E-state index contributed by atoms with van der Waals surface area (Å²) in [5, 5.41) is 6.17. The summed E-state index contributed by atoms with van der Waals surface area (Å²) >= 11 is 0. The maximum absolute atomic E-state index is 13.1. The molecule has 4 rings (SSSR count). The van der Waals surface area contributed by atoms with Crippen LogP contribution in [0.15, 0.2) is 84.9 Å². The van der Waals surface area contributed by atoms with Gasteiger partial charge in [0.2, 0.25) is 0 Å². The second kappa shape index (κ2) is 9.10. The molecule has 0 bridgehead atoms. The monoisotopic (exact) mass is 399 g/mol. The van der Waals surface area contributed by atoms with E-state index in [4.69, 9.17) is 4.74 Å². The zero-order valence-electron chi connectivity index (χ0n) is 17.4. The number of ether oxygens (including phenoxy) is 1. The van der Waals surface area contributed by atoms with Crippen LogP contribution in [0.1, 0.15) is 29.7 Å². The first-order chi connectivity index (χ1) is 14.7. The Kier molecular flexibility index (Phi) is 6.10. The van der Waals surface area contributed by atoms with Gasteiger partial charge in [-0.1, -0.05) is 66.7 Å². The number of methoxy groups -OCH3 is 1. The highest BCUT2D eigenvalue weighted by Gasteiger charge is 2.11. The predicted molar refractivity (Wildman–Crippen MR) is 122 cm³/mol. The summed E-state index contributed by atoms with van der Waals surface area (Å²) in [5.74, 6) is 0.789. The van der Waals surface area contributed by atoms with E-state index < -0.39 is 6.67 Å². The molecule has 0 saturated heterocycles. The van der Waals surface area contributed by atoms with E-state index >= 15 is 0 Å². The first kappa shape index (κ1) is 20.1. The van der Waals surface area contributed by atoms with Crippen molar-refractivity contribution in [1.29, 1.82) is 0 Å². The van der Waals surface area contributed by atoms with Crippen molar-refractivity contribution in [1.82, 2.24) is 5.32 Å². The fourth-order valence-corrected chi connectivity index (χ4v) is 3.92. The molecular weight excluding hydrogens is 373 g/mol. The van der Waals surface area contributed by atoms with Gasteiger partial charge in [-0.25, -0.2) is 4.39 Å². The summed E-state index contributed by atoms with van der Waals surface area (Å²) in [7, 11) is 1.67. The standard InChI is InChI=1S/C27H26FNO/c1-19(24-12-6-9-22-8-3-4-11-25(22)24)29-18-21-13-14-27(30-2)26(16-21)23-10-5-7-20(15-23)17-28/h3-16,19,29H,17-18H2,1-2H3/t19-/m1/s1. The maximum Gasteiger partial charge on any atom is 0.126 e. The molecule has 0 unspecified atom stereocenters. The molecule has 0 saturated carbocycles. The van der Waals surface area contributed by atoms with Gasteiger partial charge in [0.25, 0.3) is 0 Å². The lowest BCUT2D eigenvalue weighted by Gasteiger charge is -2.18. The van der Waals surface area contributed by atoms with Crippen LogP contribution < -0.4 is 10.1 Å². The quantitative estimate of drug-likeness (QED) is 0.367. The molecule has 0 aliphatic rings. The van der Waals surface area contributed by atoms with Crippen LogP contribution in [0.2, 0.25) is 0 Å². The number of nitrogens with one attached hydrogen (secondary N) is 1. The summed E-state index contributed by atoms with van der Waals surface area (Å²) < 4.78 is 18.7. The number of benzene rings is 4. The van der Waals surface area contributed by atoms with Crippen molar-refractivity contribution in [3.05, 3.63) is 102 Å². The first-order valence-electron chi connectivity index (χ1n) is 10.2. The fraction of sp³-hybridized carbons (Fsp3) is 0.185. The third-order valence-corrected chi connectivity index (χ3v) is 5.56. The van der Waals surface area contributed by atoms with Gasteiger partial charge in [-0.2, -0.15) is 0 Å². The molecule has 4 aromatic carbocycles. The van der Waals surface area contributed by atoms with Gasteiger partial charge >= 0.3 is 0 Å². The van der Waals surface area contributed by atoms with Crippen LogP contribution in [0.5, 0.6) is 5.75 Å². The Bertz CT molecular complexity index is 1150. The van der Waals surface area contributed by atoms with Crippen LogP contribution in [-0.4, -0.2) is 7.11 Å². The number of hydrogen-bond acceptors (Lipinski definition) is 2. The van der Waals surface area contributed by atoms with Gasteiger partial charge < -0.3 is 10.1 Å². The van der Waals surface area contributed by atoms with Crippen LogP contribution in [0.3, 0.4) is 0 Å². The van der Waals surface area contributed by atoms with Crippen molar-refractivity contribution in [3.8, 4) is 16.9 Å². The van der Waals surface area contributed by atoms with Crippen LogP contribution >= 0.6 is 0 Å². The predicted octanol–water partition coefficient (Wildman–Crippen LogP) is 6.84. The van der Waals surface area contributed by atoms with Gasteiger partial charge in [-0.05, 0) is 58.1 Å². The van der Waals surface area contributed by atoms with Gasteiger partial charge in [0, 0.05) is 18.2 Å². The molecule has 30 heavy (non-hydrogen) atoms. The van der Waals surface area contributed by atoms with Crippen molar-refractivity contribution in [2.75, 3.05) is 7.11 Å². The number of halogens is 1. The molecule has 152 valence electrons. The van der Waals surface area contributed by atoms with E-state index in [0.717, 1.165) is 29.0 Å². The number of fused-ring (bicyclic) bond motifs is 1. The van der Waals surface area contributed by atoms with E-state index in [1.807, 2.05) is 24.3 Å². The number of rotatable bonds is 7. The SMILES string of the molecule is COc1ccc(CN[C@H](C)c2cccc3ccccc23)cc1-c1cccc(CF)c1. The molecule has 0 aliphatic heterocycles. The minimum absolute atomic E-state index is 0.205. The maximum atomic E-state index is 13.1. The zero-order valence-corrected chi connectivity index (χ0v) is 17.4. The minimum Gasteiger partial charge on any atom is -0.496 e. The molecule has 0 aromatic heterocycles. The van der Waals surface area contributed by atoms with Crippen LogP contribution in [0, 0.1) is 0 Å². The average Bonchev–Trinajstić information content (AvgIpc) is 2.82. The molecule has 2 nitrogen and oxygen atoms in total. The van der Waals surface area contributed by atoms with E-state index in [0.29, 0.717) is 5.56 Å². The van der Waals surface area contributed by atoms with E-state index in [1.165, 1.54) is 16.3 Å². The Hall–Kier alpha value is -3.17. The van der Waals surface area contributed by atoms with Crippen LogP contribution in [0.25, 0.3) is 21.9 Å². The highest BCUT2D eigenvalue weighted by Crippen LogP contribution is 2.32. The fourth-order valence-electron chi connectivity index (χ4n) is 3.92. The Morgan fingerprint density at radius 1 is 0.867 bits per heavy atom. The lowest BCUT2D eigenvalue weighted by Crippen LogP contribution is -2.18. The summed E-state index contributed by atoms with van der Waals surface area (Å²) in [5.41, 5.74) is 5.06. The third kappa shape index (κ3) is 4.22. The molecule has 4 aromatic rings. The van der Waals surface area contributed by atoms with E-state index in [2.05, 4.69) is 66.8 Å². The molecule has 0 radical (unpaired) electrons. The Morgan fingerprint density at radius 3 is 2.50 bits per heavy atom. The Balaban J connectivity index is 1.57.